The van der Waals surface area contributed by atoms with Crippen molar-refractivity contribution in [2.45, 2.75) is 61.6 Å². The van der Waals surface area contributed by atoms with Gasteiger partial charge in [-0.1, -0.05) is 42.8 Å². The molecule has 38 heavy (non-hydrogen) atoms. The Morgan fingerprint density at radius 1 is 1.26 bits per heavy atom. The first kappa shape index (κ1) is 28.7. The number of carbonyl (C=O) groups is 3. The van der Waals surface area contributed by atoms with E-state index in [1.165, 1.54) is 0 Å². The van der Waals surface area contributed by atoms with Crippen molar-refractivity contribution in [2.75, 3.05) is 31.6 Å². The van der Waals surface area contributed by atoms with Crippen molar-refractivity contribution in [3.63, 3.8) is 0 Å². The zero-order valence-electron chi connectivity index (χ0n) is 22.7. The highest BCUT2D eigenvalue weighted by Gasteiger charge is 2.78. The fraction of sp³-hybridized carbons (Fsp3) is 0.552. The molecule has 2 unspecified atom stereocenters. The quantitative estimate of drug-likeness (QED) is 0.437. The van der Waals surface area contributed by atoms with E-state index in [4.69, 9.17) is 11.6 Å². The molecule has 1 spiro atoms. The molecular weight excluding hydrogens is 522 g/mol. The predicted molar refractivity (Wildman–Crippen MR) is 153 cm³/mol. The molecule has 3 heterocycles. The van der Waals surface area contributed by atoms with Gasteiger partial charge in [0.25, 0.3) is 5.91 Å². The smallest absolute Gasteiger partial charge is 0.251 e. The molecule has 9 heteroatoms. The number of carbonyl (C=O) groups excluding carboxylic acids is 3. The number of hydrogen-bond acceptors (Lipinski definition) is 5. The van der Waals surface area contributed by atoms with Gasteiger partial charge in [0, 0.05) is 24.9 Å². The summed E-state index contributed by atoms with van der Waals surface area (Å²) in [5.74, 6) is -1.80. The van der Waals surface area contributed by atoms with Crippen LogP contribution in [0.2, 0.25) is 5.02 Å². The number of aryl methyl sites for hydroxylation is 1. The zero-order valence-corrected chi connectivity index (χ0v) is 24.2. The minimum atomic E-state index is -0.845. The summed E-state index contributed by atoms with van der Waals surface area (Å²) in [6, 6.07) is 4.09. The van der Waals surface area contributed by atoms with E-state index in [2.05, 4.69) is 20.1 Å². The van der Waals surface area contributed by atoms with E-state index < -0.39 is 33.4 Å². The summed E-state index contributed by atoms with van der Waals surface area (Å²) in [7, 11) is 1.73. The Kier molecular flexibility index (Phi) is 8.09. The number of halogens is 1. The van der Waals surface area contributed by atoms with Gasteiger partial charge in [0.15, 0.2) is 0 Å². The molecular formula is C29H38ClN3O4S. The SMILES string of the molecule is C=CCN(C)C(=O)[C@@H]1[C@H]2C(=O)N([C@@H](CC)CO)C(C(=O)N(CC=C)c3c(C)cccc3Cl)C23CC[C@@]1(C)S3. The van der Waals surface area contributed by atoms with E-state index in [9.17, 15) is 19.5 Å². The molecule has 0 saturated carbocycles. The van der Waals surface area contributed by atoms with Crippen LogP contribution in [0.4, 0.5) is 5.69 Å². The van der Waals surface area contributed by atoms with Crippen molar-refractivity contribution in [2.24, 2.45) is 11.8 Å². The molecule has 3 amide bonds. The molecule has 3 aliphatic heterocycles. The monoisotopic (exact) mass is 559 g/mol. The molecule has 6 atom stereocenters. The van der Waals surface area contributed by atoms with Gasteiger partial charge in [-0.05, 0) is 44.7 Å². The number of likely N-dealkylation sites (tertiary alicyclic amines) is 1. The largest absolute Gasteiger partial charge is 0.394 e. The van der Waals surface area contributed by atoms with Crippen LogP contribution in [-0.2, 0) is 14.4 Å². The van der Waals surface area contributed by atoms with Gasteiger partial charge >= 0.3 is 0 Å². The van der Waals surface area contributed by atoms with E-state index >= 15 is 0 Å². The Bertz CT molecular complexity index is 1140. The van der Waals surface area contributed by atoms with Gasteiger partial charge in [-0.2, -0.15) is 0 Å². The second kappa shape index (κ2) is 10.7. The molecule has 1 aromatic carbocycles. The van der Waals surface area contributed by atoms with Crippen LogP contribution in [0.5, 0.6) is 0 Å². The van der Waals surface area contributed by atoms with Crippen molar-refractivity contribution in [1.82, 2.24) is 9.80 Å². The first-order chi connectivity index (χ1) is 18.0. The van der Waals surface area contributed by atoms with Gasteiger partial charge in [0.05, 0.1) is 39.9 Å². The van der Waals surface area contributed by atoms with E-state index in [0.29, 0.717) is 30.1 Å². The number of hydrogen-bond donors (Lipinski definition) is 1. The van der Waals surface area contributed by atoms with Crippen LogP contribution < -0.4 is 4.90 Å². The van der Waals surface area contributed by atoms with Crippen molar-refractivity contribution in [3.8, 4) is 0 Å². The van der Waals surface area contributed by atoms with Crippen molar-refractivity contribution >= 4 is 46.8 Å². The van der Waals surface area contributed by atoms with Gasteiger partial charge in [-0.15, -0.1) is 24.9 Å². The summed E-state index contributed by atoms with van der Waals surface area (Å²) in [5.41, 5.74) is 1.42. The van der Waals surface area contributed by atoms with Gasteiger partial charge < -0.3 is 19.8 Å². The molecule has 1 aromatic rings. The topological polar surface area (TPSA) is 81.2 Å². The van der Waals surface area contributed by atoms with Crippen molar-refractivity contribution in [1.29, 1.82) is 0 Å². The number of anilines is 1. The second-order valence-electron chi connectivity index (χ2n) is 10.9. The van der Waals surface area contributed by atoms with Gasteiger partial charge in [0.2, 0.25) is 11.8 Å². The van der Waals surface area contributed by atoms with Gasteiger partial charge in [0.1, 0.15) is 6.04 Å². The molecule has 0 aliphatic carbocycles. The number of aliphatic hydroxyl groups is 1. The fourth-order valence-corrected chi connectivity index (χ4v) is 9.53. The Hall–Kier alpha value is -2.29. The van der Waals surface area contributed by atoms with Crippen LogP contribution in [0.25, 0.3) is 0 Å². The maximum atomic E-state index is 14.7. The number of rotatable bonds is 10. The Morgan fingerprint density at radius 2 is 1.95 bits per heavy atom. The molecule has 0 aromatic heterocycles. The van der Waals surface area contributed by atoms with Crippen LogP contribution in [-0.4, -0.2) is 80.9 Å². The molecule has 3 aliphatic rings. The van der Waals surface area contributed by atoms with E-state index in [0.717, 1.165) is 12.0 Å². The summed E-state index contributed by atoms with van der Waals surface area (Å²) >= 11 is 8.24. The molecule has 2 bridgehead atoms. The fourth-order valence-electron chi connectivity index (χ4n) is 6.88. The van der Waals surface area contributed by atoms with Crippen LogP contribution in [0.1, 0.15) is 38.7 Å². The molecule has 206 valence electrons. The lowest BCUT2D eigenvalue weighted by Crippen LogP contribution is -2.57. The normalized spacial score (nSPS) is 30.2. The van der Waals surface area contributed by atoms with Crippen molar-refractivity contribution < 1.29 is 19.5 Å². The number of fused-ring (bicyclic) bond motifs is 1. The summed E-state index contributed by atoms with van der Waals surface area (Å²) in [4.78, 5) is 47.6. The average molecular weight is 560 g/mol. The lowest BCUT2D eigenvalue weighted by Gasteiger charge is -2.40. The highest BCUT2D eigenvalue weighted by atomic mass is 35.5. The Labute approximate surface area is 234 Å². The predicted octanol–water partition coefficient (Wildman–Crippen LogP) is 4.06. The Balaban J connectivity index is 1.88. The minimum Gasteiger partial charge on any atom is -0.394 e. The third kappa shape index (κ3) is 4.20. The first-order valence-corrected chi connectivity index (χ1v) is 14.4. The highest BCUT2D eigenvalue weighted by Crippen LogP contribution is 2.72. The lowest BCUT2D eigenvalue weighted by atomic mass is 9.66. The van der Waals surface area contributed by atoms with E-state index in [1.807, 2.05) is 26.0 Å². The van der Waals surface area contributed by atoms with Crippen LogP contribution >= 0.6 is 23.4 Å². The number of para-hydroxylation sites is 1. The van der Waals surface area contributed by atoms with Gasteiger partial charge in [-0.25, -0.2) is 0 Å². The number of benzene rings is 1. The highest BCUT2D eigenvalue weighted by molar-refractivity contribution is 8.02. The molecule has 0 radical (unpaired) electrons. The summed E-state index contributed by atoms with van der Waals surface area (Å²) in [5, 5.41) is 10.8. The summed E-state index contributed by atoms with van der Waals surface area (Å²) in [6.07, 6.45) is 5.16. The molecule has 3 saturated heterocycles. The van der Waals surface area contributed by atoms with Crippen LogP contribution in [0, 0.1) is 18.8 Å². The summed E-state index contributed by atoms with van der Waals surface area (Å²) in [6.45, 7) is 13.8. The molecule has 7 nitrogen and oxygen atoms in total. The molecule has 4 rings (SSSR count). The zero-order chi connectivity index (χ0) is 28.0. The average Bonchev–Trinajstić information content (AvgIpc) is 3.44. The second-order valence-corrected chi connectivity index (χ2v) is 13.2. The number of amides is 3. The summed E-state index contributed by atoms with van der Waals surface area (Å²) < 4.78 is -1.25. The molecule has 1 N–H and O–H groups in total. The van der Waals surface area contributed by atoms with Crippen LogP contribution in [0.15, 0.2) is 43.5 Å². The van der Waals surface area contributed by atoms with E-state index in [1.54, 1.807) is 51.7 Å². The molecule has 3 fully saturated rings. The maximum Gasteiger partial charge on any atom is 0.251 e. The standard InChI is InChI=1S/C29H38ClN3O4S/c1-7-15-31(6)25(35)21-22-26(36)33(19(9-3)17-34)24(29(22)14-13-28(21,5)38-29)27(37)32(16-8-2)23-18(4)11-10-12-20(23)30/h7-8,10-12,19,21-22,24,34H,1-2,9,13-17H2,3-6H3/t19-,21-,22-,24?,28+,29?/m0/s1. The first-order valence-electron chi connectivity index (χ1n) is 13.2. The maximum absolute atomic E-state index is 14.7. The lowest BCUT2D eigenvalue weighted by molar-refractivity contribution is -0.145. The number of aliphatic hydroxyl groups excluding tert-OH is 1. The minimum absolute atomic E-state index is 0.102. The third-order valence-electron chi connectivity index (χ3n) is 8.61. The van der Waals surface area contributed by atoms with Gasteiger partial charge in [-0.3, -0.25) is 14.4 Å². The third-order valence-corrected chi connectivity index (χ3v) is 10.9. The van der Waals surface area contributed by atoms with Crippen LogP contribution in [0.3, 0.4) is 0 Å². The number of nitrogens with zero attached hydrogens (tertiary/aromatic N) is 3. The van der Waals surface area contributed by atoms with Crippen molar-refractivity contribution in [3.05, 3.63) is 54.1 Å². The number of likely N-dealkylation sites (N-methyl/N-ethyl adjacent to an activating group) is 1. The number of thioether (sulfide) groups is 1. The Morgan fingerprint density at radius 3 is 2.53 bits per heavy atom. The van der Waals surface area contributed by atoms with E-state index in [-0.39, 0.29) is 30.9 Å².